The minimum absolute atomic E-state index is 0.831. The number of hydrogen-bond acceptors (Lipinski definition) is 4. The van der Waals surface area contributed by atoms with Crippen molar-refractivity contribution in [3.8, 4) is 5.75 Å². The predicted octanol–water partition coefficient (Wildman–Crippen LogP) is 5.56. The number of hydrogen-bond donors (Lipinski definition) is 0. The molecule has 1 aliphatic rings. The average Bonchev–Trinajstić information content (AvgIpc) is 3.34. The highest BCUT2D eigenvalue weighted by molar-refractivity contribution is 5.52. The zero-order chi connectivity index (χ0) is 22.3. The molecule has 4 rings (SSSR count). The van der Waals surface area contributed by atoms with Crippen molar-refractivity contribution in [1.82, 2.24) is 4.90 Å². The van der Waals surface area contributed by atoms with Gasteiger partial charge in [-0.05, 0) is 80.0 Å². The van der Waals surface area contributed by atoms with Crippen LogP contribution in [0.3, 0.4) is 0 Å². The van der Waals surface area contributed by atoms with Crippen LogP contribution in [-0.2, 0) is 19.6 Å². The van der Waals surface area contributed by atoms with Gasteiger partial charge in [0.15, 0.2) is 0 Å². The molecule has 1 heterocycles. The summed E-state index contributed by atoms with van der Waals surface area (Å²) in [6, 6.07) is 26.5. The second kappa shape index (κ2) is 10.6. The quantitative estimate of drug-likeness (QED) is 0.443. The van der Waals surface area contributed by atoms with E-state index in [-0.39, 0.29) is 0 Å². The second-order valence-corrected chi connectivity index (χ2v) is 8.97. The standard InChI is InChI=1S/C28H35N3O/c1-29(2)20-23-9-15-27(16-10-23)31(22-25-7-6-8-28(19-25)32-3)21-24-11-13-26(14-12-24)30-17-4-5-18-30/h6-16,19H,4-5,17-18,20-22H2,1-3H3. The first-order valence-corrected chi connectivity index (χ1v) is 11.6. The Morgan fingerprint density at radius 2 is 1.38 bits per heavy atom. The van der Waals surface area contributed by atoms with Crippen LogP contribution in [0.2, 0.25) is 0 Å². The molecule has 0 radical (unpaired) electrons. The molecule has 0 spiro atoms. The van der Waals surface area contributed by atoms with Gasteiger partial charge in [-0.15, -0.1) is 0 Å². The van der Waals surface area contributed by atoms with Gasteiger partial charge in [-0.3, -0.25) is 0 Å². The first kappa shape index (κ1) is 22.2. The van der Waals surface area contributed by atoms with Gasteiger partial charge in [-0.25, -0.2) is 0 Å². The Morgan fingerprint density at radius 3 is 2.03 bits per heavy atom. The van der Waals surface area contributed by atoms with Gasteiger partial charge in [-0.2, -0.15) is 0 Å². The molecule has 0 atom stereocenters. The van der Waals surface area contributed by atoms with E-state index in [1.807, 2.05) is 6.07 Å². The van der Waals surface area contributed by atoms with E-state index in [1.54, 1.807) is 7.11 Å². The molecule has 1 saturated heterocycles. The topological polar surface area (TPSA) is 19.0 Å². The Labute approximate surface area is 193 Å². The lowest BCUT2D eigenvalue weighted by Gasteiger charge is -2.26. The first-order chi connectivity index (χ1) is 15.6. The number of rotatable bonds is 9. The summed E-state index contributed by atoms with van der Waals surface area (Å²) in [5.74, 6) is 0.902. The Bertz CT molecular complexity index is 976. The summed E-state index contributed by atoms with van der Waals surface area (Å²) < 4.78 is 5.45. The molecule has 32 heavy (non-hydrogen) atoms. The molecule has 0 amide bonds. The highest BCUT2D eigenvalue weighted by Gasteiger charge is 2.13. The average molecular weight is 430 g/mol. The van der Waals surface area contributed by atoms with E-state index in [0.717, 1.165) is 25.4 Å². The lowest BCUT2D eigenvalue weighted by Crippen LogP contribution is -2.22. The van der Waals surface area contributed by atoms with Gasteiger partial charge in [0.2, 0.25) is 0 Å². The van der Waals surface area contributed by atoms with Crippen LogP contribution in [-0.4, -0.2) is 39.2 Å². The molecule has 4 nitrogen and oxygen atoms in total. The Hall–Kier alpha value is -2.98. The summed E-state index contributed by atoms with van der Waals surface area (Å²) in [6.45, 7) is 5.01. The highest BCUT2D eigenvalue weighted by atomic mass is 16.5. The fraction of sp³-hybridized carbons (Fsp3) is 0.357. The fourth-order valence-electron chi connectivity index (χ4n) is 4.41. The Morgan fingerprint density at radius 1 is 0.750 bits per heavy atom. The van der Waals surface area contributed by atoms with Crippen LogP contribution >= 0.6 is 0 Å². The zero-order valence-corrected chi connectivity index (χ0v) is 19.6. The van der Waals surface area contributed by atoms with Crippen LogP contribution in [0.4, 0.5) is 11.4 Å². The first-order valence-electron chi connectivity index (χ1n) is 11.6. The predicted molar refractivity (Wildman–Crippen MR) is 135 cm³/mol. The lowest BCUT2D eigenvalue weighted by atomic mass is 10.1. The molecular weight excluding hydrogens is 394 g/mol. The Balaban J connectivity index is 1.55. The van der Waals surface area contributed by atoms with E-state index in [4.69, 9.17) is 4.74 Å². The molecular formula is C28H35N3O. The van der Waals surface area contributed by atoms with Crippen LogP contribution in [0, 0.1) is 0 Å². The van der Waals surface area contributed by atoms with Crippen LogP contribution in [0.1, 0.15) is 29.5 Å². The van der Waals surface area contributed by atoms with Gasteiger partial charge < -0.3 is 19.4 Å². The molecule has 1 fully saturated rings. The third-order valence-electron chi connectivity index (χ3n) is 6.09. The molecule has 0 bridgehead atoms. The molecule has 0 aliphatic carbocycles. The number of benzene rings is 3. The zero-order valence-electron chi connectivity index (χ0n) is 19.6. The van der Waals surface area contributed by atoms with E-state index >= 15 is 0 Å². The molecule has 3 aromatic rings. The van der Waals surface area contributed by atoms with Crippen molar-refractivity contribution >= 4 is 11.4 Å². The van der Waals surface area contributed by atoms with Crippen LogP contribution in [0.15, 0.2) is 72.8 Å². The van der Waals surface area contributed by atoms with E-state index in [2.05, 4.69) is 95.5 Å². The summed E-state index contributed by atoms with van der Waals surface area (Å²) in [4.78, 5) is 7.13. The Kier molecular flexibility index (Phi) is 7.33. The van der Waals surface area contributed by atoms with Crippen LogP contribution in [0.25, 0.3) is 0 Å². The van der Waals surface area contributed by atoms with Gasteiger partial charge in [0.25, 0.3) is 0 Å². The molecule has 4 heteroatoms. The number of anilines is 2. The van der Waals surface area contributed by atoms with E-state index < -0.39 is 0 Å². The van der Waals surface area contributed by atoms with Crippen LogP contribution < -0.4 is 14.5 Å². The molecule has 3 aromatic carbocycles. The summed E-state index contributed by atoms with van der Waals surface area (Å²) in [5, 5.41) is 0. The summed E-state index contributed by atoms with van der Waals surface area (Å²) in [6.07, 6.45) is 2.61. The number of methoxy groups -OCH3 is 1. The van der Waals surface area contributed by atoms with Crippen molar-refractivity contribution in [3.05, 3.63) is 89.5 Å². The van der Waals surface area contributed by atoms with Gasteiger partial charge >= 0.3 is 0 Å². The summed E-state index contributed by atoms with van der Waals surface area (Å²) in [5.41, 5.74) is 6.48. The maximum absolute atomic E-state index is 5.45. The summed E-state index contributed by atoms with van der Waals surface area (Å²) in [7, 11) is 5.94. The third kappa shape index (κ3) is 5.83. The minimum atomic E-state index is 0.831. The summed E-state index contributed by atoms with van der Waals surface area (Å²) >= 11 is 0. The van der Waals surface area contributed by atoms with Gasteiger partial charge in [-0.1, -0.05) is 36.4 Å². The molecule has 0 unspecified atom stereocenters. The van der Waals surface area contributed by atoms with Crippen molar-refractivity contribution < 1.29 is 4.74 Å². The third-order valence-corrected chi connectivity index (χ3v) is 6.09. The van der Waals surface area contributed by atoms with E-state index in [1.165, 1.54) is 54.0 Å². The van der Waals surface area contributed by atoms with Crippen molar-refractivity contribution in [3.63, 3.8) is 0 Å². The van der Waals surface area contributed by atoms with Crippen molar-refractivity contribution in [2.45, 2.75) is 32.5 Å². The van der Waals surface area contributed by atoms with Gasteiger partial charge in [0.1, 0.15) is 5.75 Å². The van der Waals surface area contributed by atoms with Crippen LogP contribution in [0.5, 0.6) is 5.75 Å². The maximum atomic E-state index is 5.45. The molecule has 0 saturated carbocycles. The SMILES string of the molecule is COc1cccc(CN(Cc2ccc(N3CCCC3)cc2)c2ccc(CN(C)C)cc2)c1. The molecule has 0 N–H and O–H groups in total. The van der Waals surface area contributed by atoms with E-state index in [0.29, 0.717) is 0 Å². The minimum Gasteiger partial charge on any atom is -0.497 e. The van der Waals surface area contributed by atoms with Gasteiger partial charge in [0, 0.05) is 44.1 Å². The fourth-order valence-corrected chi connectivity index (χ4v) is 4.41. The number of nitrogens with zero attached hydrogens (tertiary/aromatic N) is 3. The highest BCUT2D eigenvalue weighted by Crippen LogP contribution is 2.25. The lowest BCUT2D eigenvalue weighted by molar-refractivity contribution is 0.402. The smallest absolute Gasteiger partial charge is 0.119 e. The molecule has 1 aliphatic heterocycles. The normalized spacial score (nSPS) is 13.6. The van der Waals surface area contributed by atoms with Crippen molar-refractivity contribution in [1.29, 1.82) is 0 Å². The van der Waals surface area contributed by atoms with Gasteiger partial charge in [0.05, 0.1) is 7.11 Å². The molecule has 168 valence electrons. The maximum Gasteiger partial charge on any atom is 0.119 e. The van der Waals surface area contributed by atoms with E-state index in [9.17, 15) is 0 Å². The second-order valence-electron chi connectivity index (χ2n) is 8.97. The monoisotopic (exact) mass is 429 g/mol. The molecule has 0 aromatic heterocycles. The largest absolute Gasteiger partial charge is 0.497 e. The van der Waals surface area contributed by atoms with Crippen molar-refractivity contribution in [2.24, 2.45) is 0 Å². The number of ether oxygens (including phenoxy) is 1. The van der Waals surface area contributed by atoms with Crippen molar-refractivity contribution in [2.75, 3.05) is 44.1 Å².